The molecule has 1 aliphatic rings. The summed E-state index contributed by atoms with van der Waals surface area (Å²) in [6.45, 7) is 3.58. The summed E-state index contributed by atoms with van der Waals surface area (Å²) in [4.78, 5) is 88.8. The highest BCUT2D eigenvalue weighted by Crippen LogP contribution is 2.37. The average Bonchev–Trinajstić information content (AvgIpc) is 3.11. The van der Waals surface area contributed by atoms with Gasteiger partial charge in [-0.25, -0.2) is 4.79 Å². The zero-order chi connectivity index (χ0) is 40.3. The Bertz CT molecular complexity index is 1490. The standard InChI is InChI=1S/C37H50N2O15/c1-8-27-13-15-28(16-14-27)19-31(44)38-21-30(52-25(4)42)34(53-26(5)43)35-33(39-32(45)22-49-23(2)40)29(51-24(3)41)20-37(54-35,36(46)48-7)50-18-12-10-9-11-17-47-6/h1,13-16,29-30,33-35H,9-12,17-22H2,2-7H3,(H,38,44)(H,39,45)/t29-,30+,33+,34+,35+,37+/m0/s1. The quantitative estimate of drug-likeness (QED) is 0.0775. The minimum absolute atomic E-state index is 0.0466. The molecule has 0 saturated carbocycles. The van der Waals surface area contributed by atoms with Gasteiger partial charge in [0.25, 0.3) is 11.7 Å². The van der Waals surface area contributed by atoms with Crippen LogP contribution in [-0.4, -0.2) is 118 Å². The first kappa shape index (κ1) is 45.1. The molecule has 1 heterocycles. The molecule has 0 radical (unpaired) electrons. The van der Waals surface area contributed by atoms with Crippen molar-refractivity contribution in [2.24, 2.45) is 0 Å². The van der Waals surface area contributed by atoms with E-state index in [4.69, 9.17) is 44.3 Å². The van der Waals surface area contributed by atoms with Gasteiger partial charge in [0, 0.05) is 47.0 Å². The number of carbonyl (C=O) groups excluding carboxylic acids is 7. The Morgan fingerprint density at radius 2 is 1.52 bits per heavy atom. The van der Waals surface area contributed by atoms with Crippen LogP contribution in [0.3, 0.4) is 0 Å². The molecule has 6 atom stereocenters. The number of hydrogen-bond donors (Lipinski definition) is 2. The first-order chi connectivity index (χ1) is 25.6. The third-order valence-electron chi connectivity index (χ3n) is 7.97. The zero-order valence-electron chi connectivity index (χ0n) is 31.5. The molecule has 1 saturated heterocycles. The minimum atomic E-state index is -2.31. The van der Waals surface area contributed by atoms with E-state index in [0.29, 0.717) is 30.6 Å². The second-order valence-electron chi connectivity index (χ2n) is 12.4. The van der Waals surface area contributed by atoms with Gasteiger partial charge >= 0.3 is 29.8 Å². The molecule has 54 heavy (non-hydrogen) atoms. The Labute approximate surface area is 314 Å². The summed E-state index contributed by atoms with van der Waals surface area (Å²) in [6, 6.07) is 5.20. The second-order valence-corrected chi connectivity index (χ2v) is 12.4. The van der Waals surface area contributed by atoms with Crippen LogP contribution in [0.2, 0.25) is 0 Å². The van der Waals surface area contributed by atoms with E-state index >= 15 is 0 Å². The topological polar surface area (TPSA) is 217 Å². The number of rotatable bonds is 21. The molecule has 2 rings (SSSR count). The van der Waals surface area contributed by atoms with Gasteiger partial charge in [0.15, 0.2) is 18.8 Å². The number of hydrogen-bond acceptors (Lipinski definition) is 15. The van der Waals surface area contributed by atoms with Gasteiger partial charge in [0.2, 0.25) is 5.91 Å². The predicted molar refractivity (Wildman–Crippen MR) is 187 cm³/mol. The molecule has 0 aliphatic carbocycles. The van der Waals surface area contributed by atoms with Crippen molar-refractivity contribution in [2.75, 3.05) is 40.6 Å². The molecule has 1 aromatic rings. The maximum Gasteiger partial charge on any atom is 0.366 e. The van der Waals surface area contributed by atoms with Gasteiger partial charge in [-0.05, 0) is 30.5 Å². The normalized spacial score (nSPS) is 20.2. The van der Waals surface area contributed by atoms with Gasteiger partial charge in [0.1, 0.15) is 12.2 Å². The van der Waals surface area contributed by atoms with Gasteiger partial charge in [-0.1, -0.05) is 30.9 Å². The van der Waals surface area contributed by atoms with E-state index in [0.717, 1.165) is 47.6 Å². The molecular formula is C37H50N2O15. The number of unbranched alkanes of at least 4 members (excludes halogenated alkanes) is 3. The van der Waals surface area contributed by atoms with Crippen molar-refractivity contribution < 1.29 is 71.5 Å². The van der Waals surface area contributed by atoms with Gasteiger partial charge in [0.05, 0.1) is 39.1 Å². The summed E-state index contributed by atoms with van der Waals surface area (Å²) in [5, 5.41) is 5.21. The van der Waals surface area contributed by atoms with Crippen molar-refractivity contribution in [1.82, 2.24) is 10.6 Å². The molecule has 0 bridgehead atoms. The van der Waals surface area contributed by atoms with E-state index in [1.165, 1.54) is 0 Å². The predicted octanol–water partition coefficient (Wildman–Crippen LogP) is 1.05. The smallest absolute Gasteiger partial charge is 0.366 e. The fraction of sp³-hybridized carbons (Fsp3) is 0.595. The summed E-state index contributed by atoms with van der Waals surface area (Å²) in [6.07, 6.45) is 1.15. The maximum absolute atomic E-state index is 13.6. The SMILES string of the molecule is C#Cc1ccc(CC(=O)NC[C@@H](OC(C)=O)[C@@H](OC(C)=O)[C@@H]2O[C@@](OCCCCCCOC)(C(=O)OC)C[C@H](OC(C)=O)[C@H]2NC(=O)COC(C)=O)cc1. The average molecular weight is 763 g/mol. The fourth-order valence-corrected chi connectivity index (χ4v) is 5.66. The van der Waals surface area contributed by atoms with Crippen LogP contribution in [0, 0.1) is 12.3 Å². The third-order valence-corrected chi connectivity index (χ3v) is 7.97. The van der Waals surface area contributed by atoms with Crippen LogP contribution in [0.5, 0.6) is 0 Å². The lowest BCUT2D eigenvalue weighted by Crippen LogP contribution is -2.70. The molecule has 0 aromatic heterocycles. The van der Waals surface area contributed by atoms with Crippen LogP contribution in [-0.2, 0) is 77.9 Å². The van der Waals surface area contributed by atoms with Crippen LogP contribution < -0.4 is 10.6 Å². The van der Waals surface area contributed by atoms with Crippen LogP contribution in [0.25, 0.3) is 0 Å². The van der Waals surface area contributed by atoms with Crippen LogP contribution in [0.4, 0.5) is 0 Å². The number of terminal acetylenes is 1. The molecule has 17 heteroatoms. The van der Waals surface area contributed by atoms with Crippen molar-refractivity contribution in [3.05, 3.63) is 35.4 Å². The number of carbonyl (C=O) groups is 7. The van der Waals surface area contributed by atoms with Gasteiger partial charge in [-0.15, -0.1) is 6.42 Å². The number of ether oxygens (including phenoxy) is 8. The van der Waals surface area contributed by atoms with Gasteiger partial charge in [-0.2, -0.15) is 0 Å². The Morgan fingerprint density at radius 3 is 2.07 bits per heavy atom. The monoisotopic (exact) mass is 762 g/mol. The third kappa shape index (κ3) is 15.1. The number of esters is 5. The summed E-state index contributed by atoms with van der Waals surface area (Å²) in [5.41, 5.74) is 1.22. The Morgan fingerprint density at radius 1 is 0.870 bits per heavy atom. The number of nitrogens with one attached hydrogen (secondary N) is 2. The lowest BCUT2D eigenvalue weighted by atomic mass is 9.87. The highest BCUT2D eigenvalue weighted by atomic mass is 16.7. The molecule has 17 nitrogen and oxygen atoms in total. The summed E-state index contributed by atoms with van der Waals surface area (Å²) >= 11 is 0. The van der Waals surface area contributed by atoms with Gasteiger partial charge in [-0.3, -0.25) is 28.8 Å². The summed E-state index contributed by atoms with van der Waals surface area (Å²) < 4.78 is 44.2. The van der Waals surface area contributed by atoms with Crippen molar-refractivity contribution in [2.45, 2.75) is 102 Å². The molecule has 0 spiro atoms. The Hall–Kier alpha value is -5.05. The first-order valence-electron chi connectivity index (χ1n) is 17.3. The highest BCUT2D eigenvalue weighted by molar-refractivity contribution is 5.81. The van der Waals surface area contributed by atoms with E-state index < -0.39 is 97.5 Å². The molecule has 1 aromatic carbocycles. The number of benzene rings is 1. The van der Waals surface area contributed by atoms with Crippen LogP contribution in [0.1, 0.15) is 70.9 Å². The van der Waals surface area contributed by atoms with Crippen LogP contribution in [0.15, 0.2) is 24.3 Å². The van der Waals surface area contributed by atoms with E-state index in [9.17, 15) is 33.6 Å². The number of amides is 2. The molecule has 2 N–H and O–H groups in total. The van der Waals surface area contributed by atoms with E-state index in [1.807, 2.05) is 0 Å². The lowest BCUT2D eigenvalue weighted by molar-refractivity contribution is -0.313. The summed E-state index contributed by atoms with van der Waals surface area (Å²) in [7, 11) is 2.67. The lowest BCUT2D eigenvalue weighted by Gasteiger charge is -2.48. The van der Waals surface area contributed by atoms with E-state index in [1.54, 1.807) is 31.4 Å². The zero-order valence-corrected chi connectivity index (χ0v) is 31.5. The fourth-order valence-electron chi connectivity index (χ4n) is 5.66. The number of methoxy groups -OCH3 is 2. The molecular weight excluding hydrogens is 712 g/mol. The molecule has 298 valence electrons. The highest BCUT2D eigenvalue weighted by Gasteiger charge is 2.59. The van der Waals surface area contributed by atoms with Gasteiger partial charge < -0.3 is 48.5 Å². The Balaban J connectivity index is 2.62. The molecule has 0 unspecified atom stereocenters. The molecule has 2 amide bonds. The first-order valence-corrected chi connectivity index (χ1v) is 17.3. The van der Waals surface area contributed by atoms with Crippen LogP contribution >= 0.6 is 0 Å². The molecule has 1 aliphatic heterocycles. The summed E-state index contributed by atoms with van der Waals surface area (Å²) in [5.74, 6) is -5.66. The Kier molecular flexibility index (Phi) is 19.1. The maximum atomic E-state index is 13.6. The van der Waals surface area contributed by atoms with Crippen molar-refractivity contribution >= 4 is 41.7 Å². The molecule has 1 fully saturated rings. The van der Waals surface area contributed by atoms with Crippen molar-refractivity contribution in [3.8, 4) is 12.3 Å². The van der Waals surface area contributed by atoms with Crippen molar-refractivity contribution in [1.29, 1.82) is 0 Å². The van der Waals surface area contributed by atoms with E-state index in [2.05, 4.69) is 16.6 Å². The minimum Gasteiger partial charge on any atom is -0.465 e. The second kappa shape index (κ2) is 22.9. The largest absolute Gasteiger partial charge is 0.465 e. The van der Waals surface area contributed by atoms with Crippen molar-refractivity contribution in [3.63, 3.8) is 0 Å². The van der Waals surface area contributed by atoms with E-state index in [-0.39, 0.29) is 13.0 Å².